The van der Waals surface area contributed by atoms with E-state index in [2.05, 4.69) is 25.2 Å². The standard InChI is InChI=1S/C22H26N6O2/c29-22(25-17-5-3-12-28(15-17)21-23-10-4-11-24-21)27-13-8-16(9-14-27)20-26-18-6-1-2-7-19(18)30-20/h1-2,4,6-7,10-11,16-17H,3,5,8-9,12-15H2,(H,25,29). The number of anilines is 1. The molecule has 1 atom stereocenters. The van der Waals surface area contributed by atoms with Crippen molar-refractivity contribution in [3.63, 3.8) is 0 Å². The summed E-state index contributed by atoms with van der Waals surface area (Å²) in [5.74, 6) is 1.79. The molecular formula is C22H26N6O2. The van der Waals surface area contributed by atoms with Gasteiger partial charge in [0.15, 0.2) is 11.5 Å². The lowest BCUT2D eigenvalue weighted by Crippen LogP contribution is -2.53. The average Bonchev–Trinajstić information content (AvgIpc) is 3.24. The molecule has 2 aromatic heterocycles. The highest BCUT2D eigenvalue weighted by Gasteiger charge is 2.29. The number of fused-ring (bicyclic) bond motifs is 1. The van der Waals surface area contributed by atoms with Crippen molar-refractivity contribution in [2.75, 3.05) is 31.1 Å². The molecule has 5 rings (SSSR count). The van der Waals surface area contributed by atoms with Gasteiger partial charge in [-0.3, -0.25) is 0 Å². The Kier molecular flexibility index (Phi) is 5.21. The largest absolute Gasteiger partial charge is 0.440 e. The molecule has 3 aromatic rings. The van der Waals surface area contributed by atoms with Gasteiger partial charge in [-0.25, -0.2) is 19.7 Å². The Morgan fingerprint density at radius 2 is 1.83 bits per heavy atom. The van der Waals surface area contributed by atoms with Crippen LogP contribution in [0.5, 0.6) is 0 Å². The molecule has 8 heteroatoms. The summed E-state index contributed by atoms with van der Waals surface area (Å²) in [4.78, 5) is 30.2. The minimum atomic E-state index is 0.0202. The average molecular weight is 406 g/mol. The zero-order valence-corrected chi connectivity index (χ0v) is 16.9. The van der Waals surface area contributed by atoms with Crippen LogP contribution in [-0.4, -0.2) is 58.1 Å². The van der Waals surface area contributed by atoms with Crippen LogP contribution >= 0.6 is 0 Å². The van der Waals surface area contributed by atoms with Gasteiger partial charge >= 0.3 is 6.03 Å². The van der Waals surface area contributed by atoms with Gasteiger partial charge in [0.1, 0.15) is 5.52 Å². The van der Waals surface area contributed by atoms with E-state index in [1.807, 2.05) is 35.2 Å². The fraction of sp³-hybridized carbons (Fsp3) is 0.455. The highest BCUT2D eigenvalue weighted by atomic mass is 16.3. The van der Waals surface area contributed by atoms with Crippen molar-refractivity contribution in [3.8, 4) is 0 Å². The first-order valence-corrected chi connectivity index (χ1v) is 10.7. The third-order valence-electron chi connectivity index (χ3n) is 6.03. The summed E-state index contributed by atoms with van der Waals surface area (Å²) in [6.07, 6.45) is 7.25. The molecule has 0 radical (unpaired) electrons. The SMILES string of the molecule is O=C(NC1CCCN(c2ncccn2)C1)N1CCC(c2nc3ccccc3o2)CC1. The number of rotatable bonds is 3. The van der Waals surface area contributed by atoms with Gasteiger partial charge in [-0.1, -0.05) is 12.1 Å². The second kappa shape index (κ2) is 8.30. The second-order valence-electron chi connectivity index (χ2n) is 8.06. The number of piperidine rings is 2. The lowest BCUT2D eigenvalue weighted by Gasteiger charge is -2.36. The molecule has 2 aliphatic heterocycles. The fourth-order valence-electron chi connectivity index (χ4n) is 4.39. The van der Waals surface area contributed by atoms with Crippen LogP contribution in [0, 0.1) is 0 Å². The molecule has 0 spiro atoms. The molecule has 4 heterocycles. The van der Waals surface area contributed by atoms with E-state index in [4.69, 9.17) is 4.42 Å². The van der Waals surface area contributed by atoms with Gasteiger partial charge in [-0.15, -0.1) is 0 Å². The van der Waals surface area contributed by atoms with Crippen molar-refractivity contribution < 1.29 is 9.21 Å². The van der Waals surface area contributed by atoms with Gasteiger partial charge in [-0.05, 0) is 43.9 Å². The Labute approximate surface area is 175 Å². The van der Waals surface area contributed by atoms with Gasteiger partial charge in [-0.2, -0.15) is 0 Å². The van der Waals surface area contributed by atoms with Crippen molar-refractivity contribution in [3.05, 3.63) is 48.6 Å². The summed E-state index contributed by atoms with van der Waals surface area (Å²) in [6.45, 7) is 3.10. The lowest BCUT2D eigenvalue weighted by atomic mass is 9.97. The zero-order valence-electron chi connectivity index (χ0n) is 16.9. The van der Waals surface area contributed by atoms with Gasteiger partial charge in [0.05, 0.1) is 0 Å². The summed E-state index contributed by atoms with van der Waals surface area (Å²) in [5.41, 5.74) is 1.73. The van der Waals surface area contributed by atoms with Crippen molar-refractivity contribution in [2.24, 2.45) is 0 Å². The molecular weight excluding hydrogens is 380 g/mol. The second-order valence-corrected chi connectivity index (χ2v) is 8.06. The van der Waals surface area contributed by atoms with Gasteiger partial charge in [0, 0.05) is 50.5 Å². The number of nitrogens with zero attached hydrogens (tertiary/aromatic N) is 5. The number of urea groups is 1. The molecule has 8 nitrogen and oxygen atoms in total. The van der Waals surface area contributed by atoms with Crippen molar-refractivity contribution >= 4 is 23.1 Å². The van der Waals surface area contributed by atoms with Crippen molar-refractivity contribution in [2.45, 2.75) is 37.6 Å². The maximum atomic E-state index is 12.8. The van der Waals surface area contributed by atoms with Crippen LogP contribution in [0.2, 0.25) is 0 Å². The number of amides is 2. The monoisotopic (exact) mass is 406 g/mol. The number of likely N-dealkylation sites (tertiary alicyclic amines) is 1. The topological polar surface area (TPSA) is 87.4 Å². The van der Waals surface area contributed by atoms with Crippen LogP contribution in [0.25, 0.3) is 11.1 Å². The smallest absolute Gasteiger partial charge is 0.317 e. The number of nitrogens with one attached hydrogen (secondary N) is 1. The number of para-hydroxylation sites is 2. The summed E-state index contributed by atoms with van der Waals surface area (Å²) < 4.78 is 5.93. The Morgan fingerprint density at radius 1 is 1.03 bits per heavy atom. The molecule has 2 aliphatic rings. The number of carbonyl (C=O) groups excluding carboxylic acids is 1. The molecule has 0 bridgehead atoms. The molecule has 0 aliphatic carbocycles. The number of hydrogen-bond donors (Lipinski definition) is 1. The van der Waals surface area contributed by atoms with Gasteiger partial charge in [0.2, 0.25) is 5.95 Å². The number of oxazole rings is 1. The fourth-order valence-corrected chi connectivity index (χ4v) is 4.39. The summed E-state index contributed by atoms with van der Waals surface area (Å²) >= 11 is 0. The van der Waals surface area contributed by atoms with Crippen LogP contribution in [0.3, 0.4) is 0 Å². The van der Waals surface area contributed by atoms with E-state index in [0.29, 0.717) is 13.1 Å². The van der Waals surface area contributed by atoms with E-state index in [9.17, 15) is 4.79 Å². The minimum Gasteiger partial charge on any atom is -0.440 e. The normalized spacial score (nSPS) is 20.5. The van der Waals surface area contributed by atoms with Crippen LogP contribution in [0.1, 0.15) is 37.5 Å². The van der Waals surface area contributed by atoms with Crippen LogP contribution in [0.4, 0.5) is 10.7 Å². The number of aromatic nitrogens is 3. The van der Waals surface area contributed by atoms with E-state index < -0.39 is 0 Å². The molecule has 156 valence electrons. The minimum absolute atomic E-state index is 0.0202. The Morgan fingerprint density at radius 3 is 2.63 bits per heavy atom. The number of carbonyl (C=O) groups is 1. The Hall–Kier alpha value is -3.16. The molecule has 1 aromatic carbocycles. The summed E-state index contributed by atoms with van der Waals surface area (Å²) in [6, 6.07) is 9.80. The van der Waals surface area contributed by atoms with Crippen molar-refractivity contribution in [1.82, 2.24) is 25.2 Å². The molecule has 1 unspecified atom stereocenters. The first-order valence-electron chi connectivity index (χ1n) is 10.7. The quantitative estimate of drug-likeness (QED) is 0.719. The van der Waals surface area contributed by atoms with E-state index >= 15 is 0 Å². The Balaban J connectivity index is 1.15. The van der Waals surface area contributed by atoms with E-state index in [1.165, 1.54) is 0 Å². The first kappa shape index (κ1) is 18.8. The van der Waals surface area contributed by atoms with Crippen LogP contribution in [-0.2, 0) is 0 Å². The van der Waals surface area contributed by atoms with E-state index in [1.54, 1.807) is 12.4 Å². The molecule has 0 saturated carbocycles. The molecule has 2 fully saturated rings. The molecule has 2 saturated heterocycles. The van der Waals surface area contributed by atoms with E-state index in [-0.39, 0.29) is 18.0 Å². The molecule has 30 heavy (non-hydrogen) atoms. The Bertz CT molecular complexity index is 966. The van der Waals surface area contributed by atoms with E-state index in [0.717, 1.165) is 61.7 Å². The predicted molar refractivity (Wildman–Crippen MR) is 113 cm³/mol. The number of benzene rings is 1. The third kappa shape index (κ3) is 3.94. The number of hydrogen-bond acceptors (Lipinski definition) is 6. The zero-order chi connectivity index (χ0) is 20.3. The van der Waals surface area contributed by atoms with Gasteiger partial charge < -0.3 is 19.5 Å². The summed E-state index contributed by atoms with van der Waals surface area (Å²) in [7, 11) is 0. The first-order chi connectivity index (χ1) is 14.8. The molecule has 1 N–H and O–H groups in total. The van der Waals surface area contributed by atoms with Crippen LogP contribution in [0.15, 0.2) is 47.1 Å². The predicted octanol–water partition coefficient (Wildman–Crippen LogP) is 3.18. The lowest BCUT2D eigenvalue weighted by molar-refractivity contribution is 0.172. The summed E-state index contributed by atoms with van der Waals surface area (Å²) in [5, 5.41) is 3.22. The van der Waals surface area contributed by atoms with Crippen LogP contribution < -0.4 is 10.2 Å². The highest BCUT2D eigenvalue weighted by molar-refractivity contribution is 5.75. The molecule has 2 amide bonds. The van der Waals surface area contributed by atoms with Crippen molar-refractivity contribution in [1.29, 1.82) is 0 Å². The third-order valence-corrected chi connectivity index (χ3v) is 6.03. The maximum absolute atomic E-state index is 12.8. The highest BCUT2D eigenvalue weighted by Crippen LogP contribution is 2.30. The van der Waals surface area contributed by atoms with Gasteiger partial charge in [0.25, 0.3) is 0 Å². The maximum Gasteiger partial charge on any atom is 0.317 e.